The minimum absolute atomic E-state index is 0.167. The van der Waals surface area contributed by atoms with Crippen molar-refractivity contribution in [3.8, 4) is 0 Å². The third-order valence-corrected chi connectivity index (χ3v) is 3.68. The van der Waals surface area contributed by atoms with Crippen molar-refractivity contribution in [2.24, 2.45) is 0 Å². The fraction of sp³-hybridized carbons (Fsp3) is 0.562. The van der Waals surface area contributed by atoms with Crippen LogP contribution in [-0.2, 0) is 10.2 Å². The molecule has 1 aliphatic rings. The summed E-state index contributed by atoms with van der Waals surface area (Å²) in [5.74, 6) is 0.169. The Morgan fingerprint density at radius 1 is 1.26 bits per heavy atom. The van der Waals surface area contributed by atoms with Crippen LogP contribution < -0.4 is 5.32 Å². The summed E-state index contributed by atoms with van der Waals surface area (Å²) >= 11 is 0. The Morgan fingerprint density at radius 3 is 2.32 bits per heavy atom. The second-order valence-electron chi connectivity index (χ2n) is 6.42. The number of nitrogens with one attached hydrogen (secondary N) is 1. The molecule has 0 spiro atoms. The number of nitrogens with zero attached hydrogens (tertiary/aromatic N) is 1. The lowest BCUT2D eigenvalue weighted by Gasteiger charge is -2.20. The van der Waals surface area contributed by atoms with Gasteiger partial charge in [-0.1, -0.05) is 32.9 Å². The highest BCUT2D eigenvalue weighted by Gasteiger charge is 2.29. The van der Waals surface area contributed by atoms with E-state index in [1.165, 1.54) is 5.56 Å². The molecule has 0 bridgehead atoms. The molecule has 3 nitrogen and oxygen atoms in total. The predicted octanol–water partition coefficient (Wildman–Crippen LogP) is 3.02. The van der Waals surface area contributed by atoms with Gasteiger partial charge in [0.05, 0.1) is 6.54 Å². The van der Waals surface area contributed by atoms with Crippen molar-refractivity contribution < 1.29 is 4.79 Å². The van der Waals surface area contributed by atoms with Crippen molar-refractivity contribution in [1.82, 2.24) is 4.90 Å². The smallest absolute Gasteiger partial charge is 0.241 e. The molecule has 1 aromatic carbocycles. The first-order chi connectivity index (χ1) is 8.88. The van der Waals surface area contributed by atoms with Crippen molar-refractivity contribution >= 4 is 11.6 Å². The normalized spacial score (nSPS) is 15.2. The van der Waals surface area contributed by atoms with E-state index in [2.05, 4.69) is 38.2 Å². The maximum Gasteiger partial charge on any atom is 0.241 e. The predicted molar refractivity (Wildman–Crippen MR) is 79.4 cm³/mol. The van der Waals surface area contributed by atoms with Crippen LogP contribution in [0.2, 0.25) is 0 Å². The Morgan fingerprint density at radius 2 is 1.84 bits per heavy atom. The molecular weight excluding hydrogens is 236 g/mol. The van der Waals surface area contributed by atoms with Gasteiger partial charge in [0.25, 0.3) is 0 Å². The molecule has 0 heterocycles. The largest absolute Gasteiger partial charge is 0.376 e. The Kier molecular flexibility index (Phi) is 3.83. The van der Waals surface area contributed by atoms with Crippen molar-refractivity contribution in [3.63, 3.8) is 0 Å². The van der Waals surface area contributed by atoms with Gasteiger partial charge in [0.1, 0.15) is 0 Å². The second-order valence-corrected chi connectivity index (χ2v) is 6.42. The molecule has 2 rings (SSSR count). The van der Waals surface area contributed by atoms with Crippen LogP contribution in [0.25, 0.3) is 0 Å². The number of hydrogen-bond acceptors (Lipinski definition) is 2. The standard InChI is InChI=1S/C16H24N2O/c1-16(2,3)12-5-7-13(8-6-12)17-11-15(19)18(4)14-9-10-14/h5-8,14,17H,9-11H2,1-4H3. The molecule has 104 valence electrons. The van der Waals surface area contributed by atoms with Gasteiger partial charge in [-0.2, -0.15) is 0 Å². The number of likely N-dealkylation sites (N-methyl/N-ethyl adjacent to an activating group) is 1. The van der Waals surface area contributed by atoms with Gasteiger partial charge in [-0.25, -0.2) is 0 Å². The Hall–Kier alpha value is -1.51. The van der Waals surface area contributed by atoms with Crippen molar-refractivity contribution in [1.29, 1.82) is 0 Å². The van der Waals surface area contributed by atoms with E-state index in [1.807, 2.05) is 24.1 Å². The molecule has 1 aliphatic carbocycles. The Labute approximate surface area is 116 Å². The maximum absolute atomic E-state index is 11.9. The lowest BCUT2D eigenvalue weighted by molar-refractivity contribution is -0.128. The minimum Gasteiger partial charge on any atom is -0.376 e. The summed E-state index contributed by atoms with van der Waals surface area (Å²) in [5, 5.41) is 3.20. The van der Waals surface area contributed by atoms with Crippen LogP contribution in [0.1, 0.15) is 39.2 Å². The number of hydrogen-bond donors (Lipinski definition) is 1. The molecule has 0 aliphatic heterocycles. The van der Waals surface area contributed by atoms with Crippen molar-refractivity contribution in [2.45, 2.75) is 45.1 Å². The molecule has 0 atom stereocenters. The van der Waals surface area contributed by atoms with Gasteiger partial charge in [0, 0.05) is 18.8 Å². The number of anilines is 1. The molecule has 1 aromatic rings. The first kappa shape index (κ1) is 13.9. The zero-order valence-electron chi connectivity index (χ0n) is 12.4. The zero-order valence-corrected chi connectivity index (χ0v) is 12.4. The zero-order chi connectivity index (χ0) is 14.0. The molecule has 0 unspecified atom stereocenters. The fourth-order valence-electron chi connectivity index (χ4n) is 2.06. The average Bonchev–Trinajstić information content (AvgIpc) is 3.18. The number of benzene rings is 1. The highest BCUT2D eigenvalue weighted by molar-refractivity contribution is 5.81. The summed E-state index contributed by atoms with van der Waals surface area (Å²) < 4.78 is 0. The highest BCUT2D eigenvalue weighted by atomic mass is 16.2. The summed E-state index contributed by atoms with van der Waals surface area (Å²) in [4.78, 5) is 13.7. The van der Waals surface area contributed by atoms with E-state index in [9.17, 15) is 4.79 Å². The van der Waals surface area contributed by atoms with Gasteiger partial charge in [0.15, 0.2) is 0 Å². The lowest BCUT2D eigenvalue weighted by atomic mass is 9.87. The van der Waals surface area contributed by atoms with Gasteiger partial charge in [-0.3, -0.25) is 4.79 Å². The molecule has 3 heteroatoms. The summed E-state index contributed by atoms with van der Waals surface area (Å²) in [6.45, 7) is 6.97. The summed E-state index contributed by atoms with van der Waals surface area (Å²) in [7, 11) is 1.89. The van der Waals surface area contributed by atoms with Crippen LogP contribution in [0.15, 0.2) is 24.3 Å². The first-order valence-corrected chi connectivity index (χ1v) is 6.98. The monoisotopic (exact) mass is 260 g/mol. The van der Waals surface area contributed by atoms with Crippen molar-refractivity contribution in [3.05, 3.63) is 29.8 Å². The summed E-state index contributed by atoms with van der Waals surface area (Å²) in [6.07, 6.45) is 2.31. The minimum atomic E-state index is 0.167. The van der Waals surface area contributed by atoms with Gasteiger partial charge in [0.2, 0.25) is 5.91 Å². The molecule has 0 aromatic heterocycles. The topological polar surface area (TPSA) is 32.3 Å². The highest BCUT2D eigenvalue weighted by Crippen LogP contribution is 2.25. The van der Waals surface area contributed by atoms with E-state index >= 15 is 0 Å². The van der Waals surface area contributed by atoms with Gasteiger partial charge in [-0.05, 0) is 36.0 Å². The molecule has 0 radical (unpaired) electrons. The number of rotatable bonds is 4. The van der Waals surface area contributed by atoms with Crippen LogP contribution in [-0.4, -0.2) is 30.4 Å². The average molecular weight is 260 g/mol. The third kappa shape index (κ3) is 3.72. The van der Waals surface area contributed by atoms with E-state index in [1.54, 1.807) is 0 Å². The molecule has 1 saturated carbocycles. The van der Waals surface area contributed by atoms with Gasteiger partial charge < -0.3 is 10.2 Å². The molecule has 1 amide bonds. The van der Waals surface area contributed by atoms with Gasteiger partial charge >= 0.3 is 0 Å². The van der Waals surface area contributed by atoms with E-state index in [-0.39, 0.29) is 11.3 Å². The molecule has 19 heavy (non-hydrogen) atoms. The van der Waals surface area contributed by atoms with E-state index < -0.39 is 0 Å². The van der Waals surface area contributed by atoms with E-state index in [0.29, 0.717) is 12.6 Å². The van der Waals surface area contributed by atoms with Gasteiger partial charge in [-0.15, -0.1) is 0 Å². The molecular formula is C16H24N2O. The molecule has 0 saturated heterocycles. The Bertz CT molecular complexity index is 441. The number of amides is 1. The van der Waals surface area contributed by atoms with E-state index in [4.69, 9.17) is 0 Å². The lowest BCUT2D eigenvalue weighted by Crippen LogP contribution is -2.33. The molecule has 1 N–H and O–H groups in total. The second kappa shape index (κ2) is 5.24. The third-order valence-electron chi connectivity index (χ3n) is 3.68. The quantitative estimate of drug-likeness (QED) is 0.902. The van der Waals surface area contributed by atoms with Crippen LogP contribution >= 0.6 is 0 Å². The van der Waals surface area contributed by atoms with Crippen LogP contribution in [0.3, 0.4) is 0 Å². The maximum atomic E-state index is 11.9. The Balaban J connectivity index is 1.87. The SMILES string of the molecule is CN(C(=O)CNc1ccc(C(C)(C)C)cc1)C1CC1. The fourth-order valence-corrected chi connectivity index (χ4v) is 2.06. The summed E-state index contributed by atoms with van der Waals surface area (Å²) in [5.41, 5.74) is 2.48. The van der Waals surface area contributed by atoms with Crippen LogP contribution in [0.5, 0.6) is 0 Å². The first-order valence-electron chi connectivity index (χ1n) is 6.98. The van der Waals surface area contributed by atoms with E-state index in [0.717, 1.165) is 18.5 Å². The van der Waals surface area contributed by atoms with Crippen LogP contribution in [0, 0.1) is 0 Å². The van der Waals surface area contributed by atoms with Crippen molar-refractivity contribution in [2.75, 3.05) is 18.9 Å². The number of carbonyl (C=O) groups excluding carboxylic acids is 1. The molecule has 1 fully saturated rings. The summed E-state index contributed by atoms with van der Waals surface area (Å²) in [6, 6.07) is 8.82. The number of carbonyl (C=O) groups is 1. The van der Waals surface area contributed by atoms with Crippen LogP contribution in [0.4, 0.5) is 5.69 Å².